The average Bonchev–Trinajstić information content (AvgIpc) is 3.32. The second-order valence-electron chi connectivity index (χ2n) is 17.0. The van der Waals surface area contributed by atoms with Crippen LogP contribution in [0.5, 0.6) is 0 Å². The Balaban J connectivity index is 4.48. The lowest BCUT2D eigenvalue weighted by Gasteiger charge is -2.18. The van der Waals surface area contributed by atoms with Crippen molar-refractivity contribution in [3.63, 3.8) is 0 Å². The molecule has 0 saturated carbocycles. The summed E-state index contributed by atoms with van der Waals surface area (Å²) in [6, 6.07) is 0. The molecule has 0 aromatic heterocycles. The van der Waals surface area contributed by atoms with E-state index in [9.17, 15) is 9.59 Å². The van der Waals surface area contributed by atoms with Crippen molar-refractivity contribution >= 4 is 11.9 Å². The van der Waals surface area contributed by atoms with E-state index in [2.05, 4.69) is 148 Å². The zero-order chi connectivity index (χ0) is 47.7. The van der Waals surface area contributed by atoms with E-state index in [1.807, 2.05) is 6.08 Å². The van der Waals surface area contributed by atoms with Gasteiger partial charge < -0.3 is 14.2 Å². The lowest BCUT2D eigenvalue weighted by atomic mass is 10.1. The van der Waals surface area contributed by atoms with Crippen molar-refractivity contribution in [3.8, 4) is 0 Å². The number of rotatable bonds is 47. The third kappa shape index (κ3) is 52.7. The minimum atomic E-state index is -0.607. The maximum absolute atomic E-state index is 12.8. The van der Waals surface area contributed by atoms with E-state index in [4.69, 9.17) is 14.2 Å². The Bertz CT molecular complexity index is 1400. The Morgan fingerprint density at radius 1 is 0.348 bits per heavy atom. The summed E-state index contributed by atoms with van der Waals surface area (Å²) in [6.07, 6.45) is 79.2. The van der Waals surface area contributed by atoms with Crippen LogP contribution in [0.4, 0.5) is 0 Å². The smallest absolute Gasteiger partial charge is 0.306 e. The largest absolute Gasteiger partial charge is 0.462 e. The summed E-state index contributed by atoms with van der Waals surface area (Å²) in [6.45, 7) is 7.36. The fourth-order valence-electron chi connectivity index (χ4n) is 6.77. The van der Waals surface area contributed by atoms with Gasteiger partial charge in [-0.05, 0) is 116 Å². The quantitative estimate of drug-likeness (QED) is 0.0346. The third-order valence-electron chi connectivity index (χ3n) is 10.7. The van der Waals surface area contributed by atoms with E-state index in [1.54, 1.807) is 0 Å². The van der Waals surface area contributed by atoms with E-state index >= 15 is 0 Å². The van der Waals surface area contributed by atoms with Gasteiger partial charge in [0.25, 0.3) is 0 Å². The van der Waals surface area contributed by atoms with Crippen molar-refractivity contribution < 1.29 is 23.8 Å². The van der Waals surface area contributed by atoms with Gasteiger partial charge in [0.1, 0.15) is 6.61 Å². The molecule has 0 aromatic rings. The molecule has 0 saturated heterocycles. The molecule has 0 fully saturated rings. The third-order valence-corrected chi connectivity index (χ3v) is 10.7. The molecule has 0 amide bonds. The molecule has 0 spiro atoms. The topological polar surface area (TPSA) is 61.8 Å². The maximum atomic E-state index is 12.8. The number of unbranched alkanes of at least 4 members (excludes halogenated alkanes) is 14. The second kappa shape index (κ2) is 55.4. The van der Waals surface area contributed by atoms with Gasteiger partial charge in [-0.1, -0.05) is 219 Å². The molecule has 0 rings (SSSR count). The Hall–Kier alpha value is -3.96. The van der Waals surface area contributed by atoms with Crippen LogP contribution in [0, 0.1) is 0 Å². The molecule has 0 N–H and O–H groups in total. The summed E-state index contributed by atoms with van der Waals surface area (Å²) >= 11 is 0. The van der Waals surface area contributed by atoms with Crippen molar-refractivity contribution in [3.05, 3.63) is 134 Å². The van der Waals surface area contributed by atoms with Crippen molar-refractivity contribution in [2.45, 2.75) is 219 Å². The predicted molar refractivity (Wildman–Crippen MR) is 288 cm³/mol. The number of hydrogen-bond donors (Lipinski definition) is 0. The summed E-state index contributed by atoms with van der Waals surface area (Å²) in [5.41, 5.74) is 0. The van der Waals surface area contributed by atoms with E-state index in [0.717, 1.165) is 96.3 Å². The molecule has 0 aliphatic rings. The van der Waals surface area contributed by atoms with E-state index < -0.39 is 6.10 Å². The fraction of sp³-hybridized carbons (Fsp3) is 0.607. The monoisotopic (exact) mass is 911 g/mol. The second-order valence-corrected chi connectivity index (χ2v) is 17.0. The van der Waals surface area contributed by atoms with Crippen molar-refractivity contribution in [2.75, 3.05) is 19.8 Å². The van der Waals surface area contributed by atoms with Crippen LogP contribution in [-0.2, 0) is 23.8 Å². The Kier molecular flexibility index (Phi) is 52.0. The molecule has 372 valence electrons. The molecule has 0 radical (unpaired) electrons. The summed E-state index contributed by atoms with van der Waals surface area (Å²) in [7, 11) is 0. The molecule has 0 aliphatic heterocycles. The highest BCUT2D eigenvalue weighted by Crippen LogP contribution is 2.13. The van der Waals surface area contributed by atoms with E-state index in [1.165, 1.54) is 77.0 Å². The molecule has 0 heterocycles. The zero-order valence-corrected chi connectivity index (χ0v) is 42.7. The van der Waals surface area contributed by atoms with Crippen LogP contribution in [-0.4, -0.2) is 37.9 Å². The Morgan fingerprint density at radius 2 is 0.712 bits per heavy atom. The normalized spacial score (nSPS) is 13.3. The molecule has 0 bridgehead atoms. The number of allylic oxidation sites excluding steroid dienone is 22. The van der Waals surface area contributed by atoms with E-state index in [-0.39, 0.29) is 31.6 Å². The Labute approximate surface area is 407 Å². The molecule has 5 nitrogen and oxygen atoms in total. The standard InChI is InChI=1S/C61H98O5/c1-4-7-10-13-16-19-22-25-28-30-31-33-34-36-39-42-45-48-51-54-60(62)65-58-59(57-64-56-53-50-47-44-41-38-27-24-21-18-15-12-9-6-3)66-61(63)55-52-49-46-43-40-37-35-32-29-26-23-20-17-14-11-8-5-2/h7,9-10,12,16,18-19,21,25-29,31,33,36,38-39,44-45,47-48,59H,4-6,8,11,13-15,17,20,22-24,30,32,34-35,37,40-43,46,49-58H2,1-3H3/b10-7-,12-9-,19-16-,21-18-,28-25-,29-26-,33-31-,38-27-,39-36-,47-44-,48-45-. The molecular weight excluding hydrogens is 813 g/mol. The van der Waals surface area contributed by atoms with Gasteiger partial charge in [0, 0.05) is 19.4 Å². The molecule has 5 heteroatoms. The predicted octanol–water partition coefficient (Wildman–Crippen LogP) is 18.3. The number of carbonyl (C=O) groups is 2. The number of esters is 2. The summed E-state index contributed by atoms with van der Waals surface area (Å²) in [5.74, 6) is -0.538. The van der Waals surface area contributed by atoms with Gasteiger partial charge in [-0.3, -0.25) is 9.59 Å². The average molecular weight is 911 g/mol. The van der Waals surface area contributed by atoms with Crippen LogP contribution in [0.2, 0.25) is 0 Å². The van der Waals surface area contributed by atoms with Gasteiger partial charge in [0.15, 0.2) is 6.10 Å². The summed E-state index contributed by atoms with van der Waals surface area (Å²) < 4.78 is 17.3. The first-order valence-corrected chi connectivity index (χ1v) is 26.7. The fourth-order valence-corrected chi connectivity index (χ4v) is 6.77. The van der Waals surface area contributed by atoms with E-state index in [0.29, 0.717) is 19.4 Å². The highest BCUT2D eigenvalue weighted by molar-refractivity contribution is 5.70. The maximum Gasteiger partial charge on any atom is 0.306 e. The molecule has 1 unspecified atom stereocenters. The summed E-state index contributed by atoms with van der Waals surface area (Å²) in [5, 5.41) is 0. The first-order valence-electron chi connectivity index (χ1n) is 26.7. The molecule has 0 aliphatic carbocycles. The van der Waals surface area contributed by atoms with Gasteiger partial charge >= 0.3 is 11.9 Å². The molecule has 66 heavy (non-hydrogen) atoms. The van der Waals surface area contributed by atoms with Gasteiger partial charge in [-0.25, -0.2) is 0 Å². The number of hydrogen-bond acceptors (Lipinski definition) is 5. The number of ether oxygens (including phenoxy) is 3. The first-order chi connectivity index (χ1) is 32.6. The van der Waals surface area contributed by atoms with Gasteiger partial charge in [0.2, 0.25) is 0 Å². The number of carbonyl (C=O) groups excluding carboxylic acids is 2. The summed E-state index contributed by atoms with van der Waals surface area (Å²) in [4.78, 5) is 25.4. The van der Waals surface area contributed by atoms with Crippen LogP contribution in [0.25, 0.3) is 0 Å². The van der Waals surface area contributed by atoms with Crippen LogP contribution < -0.4 is 0 Å². The van der Waals surface area contributed by atoms with Crippen LogP contribution in [0.3, 0.4) is 0 Å². The zero-order valence-electron chi connectivity index (χ0n) is 42.7. The van der Waals surface area contributed by atoms with Gasteiger partial charge in [-0.2, -0.15) is 0 Å². The van der Waals surface area contributed by atoms with Gasteiger partial charge in [-0.15, -0.1) is 0 Å². The molecule has 0 aromatic carbocycles. The Morgan fingerprint density at radius 3 is 1.17 bits per heavy atom. The highest BCUT2D eigenvalue weighted by atomic mass is 16.6. The van der Waals surface area contributed by atoms with Crippen molar-refractivity contribution in [2.24, 2.45) is 0 Å². The molecular formula is C61H98O5. The lowest BCUT2D eigenvalue weighted by molar-refractivity contribution is -0.162. The highest BCUT2D eigenvalue weighted by Gasteiger charge is 2.17. The van der Waals surface area contributed by atoms with Crippen LogP contribution in [0.1, 0.15) is 213 Å². The minimum absolute atomic E-state index is 0.0133. The van der Waals surface area contributed by atoms with Crippen LogP contribution in [0.15, 0.2) is 134 Å². The molecule has 1 atom stereocenters. The SMILES string of the molecule is CC/C=C\C/C=C\C/C=C\C/C=C\C/C=C\C/C=C\CCC(=O)OCC(COCCC/C=C\C/C=C\C/C=C\C/C=C\CC)OC(=O)CCCCCCCCC/C=C\CCCCCCCC. The van der Waals surface area contributed by atoms with Crippen molar-refractivity contribution in [1.29, 1.82) is 0 Å². The first kappa shape index (κ1) is 62.0. The van der Waals surface area contributed by atoms with Crippen LogP contribution >= 0.6 is 0 Å². The van der Waals surface area contributed by atoms with Crippen molar-refractivity contribution in [1.82, 2.24) is 0 Å². The minimum Gasteiger partial charge on any atom is -0.462 e. The van der Waals surface area contributed by atoms with Gasteiger partial charge in [0.05, 0.1) is 6.61 Å². The lowest BCUT2D eigenvalue weighted by Crippen LogP contribution is -2.30.